The van der Waals surface area contributed by atoms with Gasteiger partial charge in [-0.05, 0) is 55.7 Å². The van der Waals surface area contributed by atoms with E-state index in [2.05, 4.69) is 35.9 Å². The van der Waals surface area contributed by atoms with E-state index in [9.17, 15) is 4.79 Å². The van der Waals surface area contributed by atoms with Crippen LogP contribution in [0.15, 0.2) is 59.2 Å². The molecule has 1 aliphatic rings. The van der Waals surface area contributed by atoms with Gasteiger partial charge in [0.25, 0.3) is 0 Å². The minimum atomic E-state index is -0.408. The summed E-state index contributed by atoms with van der Waals surface area (Å²) in [6.45, 7) is 8.48. The van der Waals surface area contributed by atoms with Crippen LogP contribution in [-0.2, 0) is 9.53 Å². The van der Waals surface area contributed by atoms with Crippen LogP contribution in [0.4, 0.5) is 5.69 Å². The third-order valence-corrected chi connectivity index (χ3v) is 4.43. The van der Waals surface area contributed by atoms with Crippen LogP contribution in [0.1, 0.15) is 43.4 Å². The largest absolute Gasteiger partial charge is 0.402 e. The van der Waals surface area contributed by atoms with Crippen LogP contribution in [0.3, 0.4) is 0 Å². The van der Waals surface area contributed by atoms with Crippen LogP contribution in [0, 0.1) is 6.92 Å². The number of rotatable bonds is 7. The second-order valence-corrected chi connectivity index (χ2v) is 6.78. The summed E-state index contributed by atoms with van der Waals surface area (Å²) in [4.78, 5) is 19.0. The number of carbonyl (C=O) groups is 1. The topological polar surface area (TPSA) is 41.9 Å². The van der Waals surface area contributed by atoms with Crippen molar-refractivity contribution in [3.05, 3.63) is 70.9 Å². The second kappa shape index (κ2) is 8.67. The predicted octanol–water partition coefficient (Wildman–Crippen LogP) is 4.97. The van der Waals surface area contributed by atoms with E-state index in [0.717, 1.165) is 42.6 Å². The number of ether oxygens (including phenoxy) is 1. The number of hydrogen-bond donors (Lipinski definition) is 0. The number of aryl methyl sites for hydroxylation is 1. The number of esters is 1. The summed E-state index contributed by atoms with van der Waals surface area (Å²) in [7, 11) is 0. The van der Waals surface area contributed by atoms with Crippen LogP contribution in [0.25, 0.3) is 6.08 Å². The van der Waals surface area contributed by atoms with E-state index in [-0.39, 0.29) is 0 Å². The molecule has 0 saturated heterocycles. The second-order valence-electron chi connectivity index (χ2n) is 6.78. The van der Waals surface area contributed by atoms with Gasteiger partial charge in [0.2, 0.25) is 5.90 Å². The highest BCUT2D eigenvalue weighted by atomic mass is 16.6. The number of hydrogen-bond acceptors (Lipinski definition) is 4. The Kier molecular flexibility index (Phi) is 6.07. The molecule has 0 bridgehead atoms. The highest BCUT2D eigenvalue weighted by Crippen LogP contribution is 2.22. The average molecular weight is 362 g/mol. The van der Waals surface area contributed by atoms with Gasteiger partial charge < -0.3 is 9.64 Å². The van der Waals surface area contributed by atoms with Gasteiger partial charge in [-0.2, -0.15) is 0 Å². The Morgan fingerprint density at radius 1 is 1.04 bits per heavy atom. The molecule has 4 heteroatoms. The number of anilines is 1. The summed E-state index contributed by atoms with van der Waals surface area (Å²) in [6.07, 6.45) is 4.01. The third kappa shape index (κ3) is 4.64. The van der Waals surface area contributed by atoms with E-state index in [1.165, 1.54) is 5.69 Å². The molecule has 4 nitrogen and oxygen atoms in total. The highest BCUT2D eigenvalue weighted by Gasteiger charge is 2.24. The number of nitrogens with zero attached hydrogens (tertiary/aromatic N) is 2. The van der Waals surface area contributed by atoms with E-state index >= 15 is 0 Å². The van der Waals surface area contributed by atoms with E-state index < -0.39 is 5.97 Å². The van der Waals surface area contributed by atoms with E-state index in [4.69, 9.17) is 4.74 Å². The lowest BCUT2D eigenvalue weighted by molar-refractivity contribution is -0.129. The van der Waals surface area contributed by atoms with Crippen molar-refractivity contribution in [3.8, 4) is 0 Å². The molecule has 0 spiro atoms. The fourth-order valence-electron chi connectivity index (χ4n) is 3.16. The quantitative estimate of drug-likeness (QED) is 0.516. The normalized spacial score (nSPS) is 15.0. The first-order valence-electron chi connectivity index (χ1n) is 9.55. The van der Waals surface area contributed by atoms with E-state index in [1.54, 1.807) is 6.08 Å². The Hall–Kier alpha value is -2.88. The average Bonchev–Trinajstić information content (AvgIpc) is 3.03. The Labute approximate surface area is 161 Å². The lowest BCUT2D eigenvalue weighted by atomic mass is 10.1. The molecule has 0 unspecified atom stereocenters. The maximum atomic E-state index is 12.2. The fraction of sp³-hybridized carbons (Fsp3) is 0.304. The lowest BCUT2D eigenvalue weighted by Gasteiger charge is -2.23. The van der Waals surface area contributed by atoms with E-state index in [1.807, 2.05) is 43.3 Å². The van der Waals surface area contributed by atoms with Gasteiger partial charge in [-0.15, -0.1) is 0 Å². The van der Waals surface area contributed by atoms with Crippen molar-refractivity contribution in [2.24, 2.45) is 4.99 Å². The van der Waals surface area contributed by atoms with Crippen LogP contribution in [0.5, 0.6) is 0 Å². The van der Waals surface area contributed by atoms with Gasteiger partial charge in [-0.1, -0.05) is 43.7 Å². The zero-order chi connectivity index (χ0) is 19.2. The molecule has 0 aliphatic carbocycles. The summed E-state index contributed by atoms with van der Waals surface area (Å²) in [5.41, 5.74) is 4.39. The Morgan fingerprint density at radius 2 is 1.74 bits per heavy atom. The Morgan fingerprint density at radius 3 is 2.37 bits per heavy atom. The van der Waals surface area contributed by atoms with Crippen molar-refractivity contribution in [1.29, 1.82) is 0 Å². The number of benzene rings is 2. The first kappa shape index (κ1) is 18.9. The molecule has 1 aliphatic heterocycles. The molecule has 0 N–H and O–H groups in total. The van der Waals surface area contributed by atoms with Gasteiger partial charge in [0.15, 0.2) is 5.70 Å². The van der Waals surface area contributed by atoms with E-state index in [0.29, 0.717) is 11.6 Å². The maximum absolute atomic E-state index is 12.2. The van der Waals surface area contributed by atoms with Gasteiger partial charge in [0, 0.05) is 24.3 Å². The molecule has 0 saturated carbocycles. The molecule has 2 aromatic rings. The lowest BCUT2D eigenvalue weighted by Crippen LogP contribution is -2.24. The van der Waals surface area contributed by atoms with Crippen LogP contribution < -0.4 is 4.90 Å². The predicted molar refractivity (Wildman–Crippen MR) is 111 cm³/mol. The molecule has 2 aromatic carbocycles. The molecule has 1 heterocycles. The summed E-state index contributed by atoms with van der Waals surface area (Å²) in [5, 5.41) is 0. The zero-order valence-electron chi connectivity index (χ0n) is 16.2. The number of cyclic esters (lactones) is 1. The van der Waals surface area contributed by atoms with Crippen molar-refractivity contribution in [3.63, 3.8) is 0 Å². The standard InChI is InChI=1S/C23H26N2O2/c1-4-13-25(14-5-2)20-11-9-18(10-12-20)16-21-23(26)27-22(24-21)19-8-6-7-17(3)15-19/h6-12,15-16H,4-5,13-14H2,1-3H3/b21-16-. The minimum absolute atomic E-state index is 0.332. The van der Waals surface area contributed by atoms with Crippen molar-refractivity contribution in [1.82, 2.24) is 0 Å². The first-order valence-corrected chi connectivity index (χ1v) is 9.55. The van der Waals surface area contributed by atoms with Crippen molar-refractivity contribution >= 4 is 23.6 Å². The number of aliphatic imine (C=N–C) groups is 1. The SMILES string of the molecule is CCCN(CCC)c1ccc(/C=C2\N=C(c3cccc(C)c3)OC2=O)cc1. The van der Waals surface area contributed by atoms with Crippen molar-refractivity contribution in [2.75, 3.05) is 18.0 Å². The van der Waals surface area contributed by atoms with Gasteiger partial charge in [0.05, 0.1) is 0 Å². The van der Waals surface area contributed by atoms with Gasteiger partial charge in [0.1, 0.15) is 0 Å². The highest BCUT2D eigenvalue weighted by molar-refractivity contribution is 6.12. The summed E-state index contributed by atoms with van der Waals surface area (Å²) < 4.78 is 5.35. The summed E-state index contributed by atoms with van der Waals surface area (Å²) in [5.74, 6) is -0.0437. The Bertz CT molecular complexity index is 860. The molecule has 0 atom stereocenters. The number of carbonyl (C=O) groups excluding carboxylic acids is 1. The summed E-state index contributed by atoms with van der Waals surface area (Å²) in [6, 6.07) is 16.0. The van der Waals surface area contributed by atoms with Crippen molar-refractivity contribution < 1.29 is 9.53 Å². The molecular formula is C23H26N2O2. The first-order chi connectivity index (χ1) is 13.1. The van der Waals surface area contributed by atoms with Crippen LogP contribution in [-0.4, -0.2) is 25.0 Å². The fourth-order valence-corrected chi connectivity index (χ4v) is 3.16. The minimum Gasteiger partial charge on any atom is -0.402 e. The molecule has 0 aromatic heterocycles. The third-order valence-electron chi connectivity index (χ3n) is 4.43. The van der Waals surface area contributed by atoms with Crippen LogP contribution >= 0.6 is 0 Å². The smallest absolute Gasteiger partial charge is 0.363 e. The molecule has 27 heavy (non-hydrogen) atoms. The summed E-state index contributed by atoms with van der Waals surface area (Å²) >= 11 is 0. The molecule has 3 rings (SSSR count). The van der Waals surface area contributed by atoms with Crippen molar-refractivity contribution in [2.45, 2.75) is 33.6 Å². The van der Waals surface area contributed by atoms with Gasteiger partial charge in [-0.3, -0.25) is 0 Å². The maximum Gasteiger partial charge on any atom is 0.363 e. The molecule has 0 fully saturated rings. The Balaban J connectivity index is 1.80. The van der Waals surface area contributed by atoms with Gasteiger partial charge in [-0.25, -0.2) is 9.79 Å². The zero-order valence-corrected chi connectivity index (χ0v) is 16.2. The molecule has 140 valence electrons. The monoisotopic (exact) mass is 362 g/mol. The van der Waals surface area contributed by atoms with Crippen LogP contribution in [0.2, 0.25) is 0 Å². The van der Waals surface area contributed by atoms with Gasteiger partial charge >= 0.3 is 5.97 Å². The molecule has 0 amide bonds. The molecular weight excluding hydrogens is 336 g/mol. The molecule has 0 radical (unpaired) electrons.